The summed E-state index contributed by atoms with van der Waals surface area (Å²) in [6.07, 6.45) is 3.14. The van der Waals surface area contributed by atoms with Crippen molar-refractivity contribution in [1.82, 2.24) is 5.32 Å². The van der Waals surface area contributed by atoms with Crippen molar-refractivity contribution < 1.29 is 9.53 Å². The van der Waals surface area contributed by atoms with Gasteiger partial charge in [-0.05, 0) is 58.1 Å². The highest BCUT2D eigenvalue weighted by molar-refractivity contribution is 5.68. The number of amides is 1. The highest BCUT2D eigenvalue weighted by Crippen LogP contribution is 2.61. The van der Waals surface area contributed by atoms with E-state index in [1.54, 1.807) is 0 Å². The number of rotatable bonds is 3. The van der Waals surface area contributed by atoms with Crippen molar-refractivity contribution in [3.63, 3.8) is 0 Å². The fraction of sp³-hybridized carbons (Fsp3) is 0.846. The zero-order chi connectivity index (χ0) is 12.7. The smallest absolute Gasteiger partial charge is 0.407 e. The molecule has 0 spiro atoms. The summed E-state index contributed by atoms with van der Waals surface area (Å²) in [5, 5.41) is 2.96. The summed E-state index contributed by atoms with van der Waals surface area (Å²) in [4.78, 5) is 15.6. The number of ether oxygens (including phenoxy) is 1. The van der Waals surface area contributed by atoms with E-state index in [0.717, 1.165) is 13.0 Å². The molecular formula is C13H22N2O2. The predicted molar refractivity (Wildman–Crippen MR) is 67.3 cm³/mol. The van der Waals surface area contributed by atoms with Gasteiger partial charge in [0.2, 0.25) is 0 Å². The minimum atomic E-state index is -0.423. The number of alkyl carbamates (subject to hydrolysis) is 1. The number of nitrogens with zero attached hydrogens (tertiary/aromatic N) is 1. The van der Waals surface area contributed by atoms with Crippen LogP contribution in [0.25, 0.3) is 0 Å². The van der Waals surface area contributed by atoms with Gasteiger partial charge in [0.15, 0.2) is 0 Å². The normalized spacial score (nSPS) is 35.0. The van der Waals surface area contributed by atoms with E-state index >= 15 is 0 Å². The zero-order valence-corrected chi connectivity index (χ0v) is 11.0. The number of nitrogens with one attached hydrogen (secondary N) is 1. The fourth-order valence-corrected chi connectivity index (χ4v) is 3.11. The zero-order valence-electron chi connectivity index (χ0n) is 11.0. The van der Waals surface area contributed by atoms with Crippen LogP contribution in [0.5, 0.6) is 0 Å². The van der Waals surface area contributed by atoms with Gasteiger partial charge in [0.1, 0.15) is 5.60 Å². The van der Waals surface area contributed by atoms with Gasteiger partial charge in [0.25, 0.3) is 0 Å². The molecule has 96 valence electrons. The predicted octanol–water partition coefficient (Wildman–Crippen LogP) is 2.38. The average molecular weight is 238 g/mol. The standard InChI is InChI=1S/C13H22N2O2/c1-12(2,3)17-11(16)15-10-7-13(8-14-4)6-5-9(10)13/h9-10H,4-8H2,1-3H3,(H,15,16). The molecule has 2 rings (SSSR count). The molecule has 0 aromatic carbocycles. The maximum absolute atomic E-state index is 11.6. The molecule has 0 aromatic heterocycles. The molecule has 0 saturated heterocycles. The van der Waals surface area contributed by atoms with Crippen molar-refractivity contribution in [3.05, 3.63) is 0 Å². The topological polar surface area (TPSA) is 50.7 Å². The van der Waals surface area contributed by atoms with Gasteiger partial charge >= 0.3 is 6.09 Å². The SMILES string of the molecule is C=NCC12CCC1C(NC(=O)OC(C)(C)C)C2. The second kappa shape index (κ2) is 4.00. The van der Waals surface area contributed by atoms with Crippen LogP contribution in [-0.2, 0) is 4.74 Å². The van der Waals surface area contributed by atoms with E-state index in [9.17, 15) is 4.79 Å². The summed E-state index contributed by atoms with van der Waals surface area (Å²) in [6.45, 7) is 10.0. The molecule has 4 nitrogen and oxygen atoms in total. The minimum absolute atomic E-state index is 0.278. The molecule has 0 heterocycles. The summed E-state index contributed by atoms with van der Waals surface area (Å²) in [5.41, 5.74) is -0.0748. The molecule has 17 heavy (non-hydrogen) atoms. The van der Waals surface area contributed by atoms with Gasteiger partial charge in [-0.25, -0.2) is 4.79 Å². The van der Waals surface area contributed by atoms with Crippen molar-refractivity contribution >= 4 is 12.8 Å². The lowest BCUT2D eigenvalue weighted by molar-refractivity contribution is -0.0986. The van der Waals surface area contributed by atoms with E-state index < -0.39 is 5.60 Å². The van der Waals surface area contributed by atoms with Crippen molar-refractivity contribution in [1.29, 1.82) is 0 Å². The lowest BCUT2D eigenvalue weighted by atomic mass is 9.45. The highest BCUT2D eigenvalue weighted by atomic mass is 16.6. The molecule has 2 aliphatic rings. The first-order valence-electron chi connectivity index (χ1n) is 6.28. The van der Waals surface area contributed by atoms with Gasteiger partial charge in [-0.15, -0.1) is 0 Å². The summed E-state index contributed by atoms with van der Waals surface area (Å²) >= 11 is 0. The highest BCUT2D eigenvalue weighted by Gasteiger charge is 2.59. The van der Waals surface area contributed by atoms with Crippen LogP contribution >= 0.6 is 0 Å². The van der Waals surface area contributed by atoms with Crippen molar-refractivity contribution in [2.45, 2.75) is 51.7 Å². The van der Waals surface area contributed by atoms with E-state index in [4.69, 9.17) is 4.74 Å². The van der Waals surface area contributed by atoms with E-state index in [0.29, 0.717) is 11.3 Å². The molecule has 3 unspecified atom stereocenters. The van der Waals surface area contributed by atoms with Crippen molar-refractivity contribution in [2.24, 2.45) is 16.3 Å². The van der Waals surface area contributed by atoms with Crippen LogP contribution in [0.1, 0.15) is 40.0 Å². The summed E-state index contributed by atoms with van der Waals surface area (Å²) < 4.78 is 5.26. The molecule has 0 aromatic rings. The van der Waals surface area contributed by atoms with Crippen LogP contribution in [0.4, 0.5) is 4.79 Å². The largest absolute Gasteiger partial charge is 0.444 e. The van der Waals surface area contributed by atoms with Gasteiger partial charge in [-0.3, -0.25) is 0 Å². The molecule has 2 fully saturated rings. The van der Waals surface area contributed by atoms with Crippen molar-refractivity contribution in [2.75, 3.05) is 6.54 Å². The Balaban J connectivity index is 1.80. The first kappa shape index (κ1) is 12.4. The van der Waals surface area contributed by atoms with Crippen LogP contribution in [0.3, 0.4) is 0 Å². The van der Waals surface area contributed by atoms with E-state index in [1.807, 2.05) is 20.8 Å². The van der Waals surface area contributed by atoms with Gasteiger partial charge in [-0.2, -0.15) is 0 Å². The van der Waals surface area contributed by atoms with Crippen LogP contribution in [-0.4, -0.2) is 31.0 Å². The Kier molecular flexibility index (Phi) is 2.92. The Morgan fingerprint density at radius 2 is 2.29 bits per heavy atom. The van der Waals surface area contributed by atoms with Crippen LogP contribution in [0, 0.1) is 11.3 Å². The van der Waals surface area contributed by atoms with E-state index in [2.05, 4.69) is 17.0 Å². The number of hydrogen-bond donors (Lipinski definition) is 1. The number of hydrogen-bond acceptors (Lipinski definition) is 3. The molecular weight excluding hydrogens is 216 g/mol. The third-order valence-corrected chi connectivity index (χ3v) is 3.98. The van der Waals surface area contributed by atoms with E-state index in [-0.39, 0.29) is 12.1 Å². The number of aliphatic imine (C=N–C) groups is 1. The maximum Gasteiger partial charge on any atom is 0.407 e. The molecule has 0 aliphatic heterocycles. The Bertz CT molecular complexity index is 335. The van der Waals surface area contributed by atoms with Gasteiger partial charge in [0.05, 0.1) is 0 Å². The molecule has 0 radical (unpaired) electrons. The van der Waals surface area contributed by atoms with Gasteiger partial charge in [-0.1, -0.05) is 0 Å². The third-order valence-electron chi connectivity index (χ3n) is 3.98. The summed E-state index contributed by atoms with van der Waals surface area (Å²) in [6, 6.07) is 0.278. The van der Waals surface area contributed by atoms with Crippen LogP contribution in [0.15, 0.2) is 4.99 Å². The van der Waals surface area contributed by atoms with Crippen molar-refractivity contribution in [3.8, 4) is 0 Å². The van der Waals surface area contributed by atoms with Crippen LogP contribution in [0.2, 0.25) is 0 Å². The number of fused-ring (bicyclic) bond motifs is 1. The maximum atomic E-state index is 11.6. The first-order valence-corrected chi connectivity index (χ1v) is 6.28. The minimum Gasteiger partial charge on any atom is -0.444 e. The number of carbonyl (C=O) groups is 1. The summed E-state index contributed by atoms with van der Waals surface area (Å²) in [7, 11) is 0. The second-order valence-electron chi connectivity index (χ2n) is 6.35. The Labute approximate surface area is 103 Å². The van der Waals surface area contributed by atoms with E-state index in [1.165, 1.54) is 12.8 Å². The lowest BCUT2D eigenvalue weighted by Crippen LogP contribution is -2.66. The molecule has 1 N–H and O–H groups in total. The lowest BCUT2D eigenvalue weighted by Gasteiger charge is -2.62. The Morgan fingerprint density at radius 3 is 2.71 bits per heavy atom. The molecule has 0 bridgehead atoms. The average Bonchev–Trinajstić information content (AvgIpc) is 2.12. The molecule has 4 heteroatoms. The molecule has 3 atom stereocenters. The molecule has 2 aliphatic carbocycles. The molecule has 2 saturated carbocycles. The molecule has 1 amide bonds. The van der Waals surface area contributed by atoms with Crippen LogP contribution < -0.4 is 5.32 Å². The quantitative estimate of drug-likeness (QED) is 0.767. The monoisotopic (exact) mass is 238 g/mol. The van der Waals surface area contributed by atoms with Gasteiger partial charge in [0, 0.05) is 12.6 Å². The summed E-state index contributed by atoms with van der Waals surface area (Å²) in [5.74, 6) is 0.584. The third kappa shape index (κ3) is 2.31. The van der Waals surface area contributed by atoms with Gasteiger partial charge < -0.3 is 15.0 Å². The number of carbonyl (C=O) groups excluding carboxylic acids is 1. The second-order valence-corrected chi connectivity index (χ2v) is 6.35. The fourth-order valence-electron chi connectivity index (χ4n) is 3.11. The Hall–Kier alpha value is -1.06. The Morgan fingerprint density at radius 1 is 1.59 bits per heavy atom. The first-order chi connectivity index (χ1) is 7.86.